The summed E-state index contributed by atoms with van der Waals surface area (Å²) in [5.41, 5.74) is 1.30. The average molecular weight is 570 g/mol. The van der Waals surface area contributed by atoms with Crippen molar-refractivity contribution in [1.82, 2.24) is 10.2 Å². The van der Waals surface area contributed by atoms with Crippen molar-refractivity contribution in [3.63, 3.8) is 0 Å². The van der Waals surface area contributed by atoms with E-state index in [4.69, 9.17) is 4.74 Å². The van der Waals surface area contributed by atoms with Crippen molar-refractivity contribution in [3.05, 3.63) is 89.7 Å². The van der Waals surface area contributed by atoms with Gasteiger partial charge in [0.05, 0.1) is 17.7 Å². The Labute approximate surface area is 235 Å². The number of carbonyl (C=O) groups is 2. The summed E-state index contributed by atoms with van der Waals surface area (Å²) in [4.78, 5) is 28.4. The summed E-state index contributed by atoms with van der Waals surface area (Å²) in [5.74, 6) is -1.06. The predicted octanol–water partition coefficient (Wildman–Crippen LogP) is 4.67. The van der Waals surface area contributed by atoms with E-state index in [-0.39, 0.29) is 23.0 Å². The number of hydrogen-bond acceptors (Lipinski definition) is 5. The van der Waals surface area contributed by atoms with Crippen molar-refractivity contribution < 1.29 is 27.1 Å². The van der Waals surface area contributed by atoms with E-state index in [9.17, 15) is 22.4 Å². The topological polar surface area (TPSA) is 96.0 Å². The Morgan fingerprint density at radius 1 is 0.975 bits per heavy atom. The fourth-order valence-electron chi connectivity index (χ4n) is 4.04. The molecular formula is C30H36FN3O5S. The first kappa shape index (κ1) is 30.6. The van der Waals surface area contributed by atoms with Crippen molar-refractivity contribution in [2.75, 3.05) is 18.0 Å². The highest BCUT2D eigenvalue weighted by Gasteiger charge is 2.33. The maximum atomic E-state index is 13.9. The second kappa shape index (κ2) is 12.5. The summed E-state index contributed by atoms with van der Waals surface area (Å²) in [6, 6.07) is 17.2. The van der Waals surface area contributed by atoms with E-state index in [0.29, 0.717) is 5.75 Å². The first-order chi connectivity index (χ1) is 18.7. The van der Waals surface area contributed by atoms with Crippen LogP contribution in [0, 0.1) is 12.7 Å². The Morgan fingerprint density at radius 3 is 2.12 bits per heavy atom. The molecule has 1 N–H and O–H groups in total. The zero-order chi connectivity index (χ0) is 29.7. The maximum absolute atomic E-state index is 13.9. The van der Waals surface area contributed by atoms with Gasteiger partial charge in [0.2, 0.25) is 11.8 Å². The van der Waals surface area contributed by atoms with Crippen LogP contribution in [-0.4, -0.2) is 50.4 Å². The van der Waals surface area contributed by atoms with Gasteiger partial charge in [-0.05, 0) is 94.3 Å². The fraction of sp³-hybridized carbons (Fsp3) is 0.333. The molecule has 0 aliphatic heterocycles. The summed E-state index contributed by atoms with van der Waals surface area (Å²) in [6.45, 7) is 8.49. The summed E-state index contributed by atoms with van der Waals surface area (Å²) >= 11 is 0. The second-order valence-electron chi connectivity index (χ2n) is 10.5. The highest BCUT2D eigenvalue weighted by atomic mass is 32.2. The number of benzene rings is 3. The number of nitrogens with zero attached hydrogens (tertiary/aromatic N) is 2. The quantitative estimate of drug-likeness (QED) is 0.383. The standard InChI is InChI=1S/C30H36FN3O5S/c1-21-9-7-8-10-23(21)19-33(22(2)29(36)32-30(3,4)5)28(35)20-34(25-13-11-24(31)12-14-25)40(37,38)27-17-15-26(39-6)16-18-27/h7-18,22H,19-20H2,1-6H3,(H,32,36). The van der Waals surface area contributed by atoms with E-state index >= 15 is 0 Å². The summed E-state index contributed by atoms with van der Waals surface area (Å²) in [6.07, 6.45) is 0. The molecule has 2 amide bonds. The summed E-state index contributed by atoms with van der Waals surface area (Å²) in [5, 5.41) is 2.89. The number of ether oxygens (including phenoxy) is 1. The molecule has 1 atom stereocenters. The first-order valence-corrected chi connectivity index (χ1v) is 14.3. The molecule has 3 rings (SSSR count). The minimum Gasteiger partial charge on any atom is -0.497 e. The van der Waals surface area contributed by atoms with Gasteiger partial charge in [0.1, 0.15) is 24.2 Å². The van der Waals surface area contributed by atoms with Crippen LogP contribution in [0.3, 0.4) is 0 Å². The molecule has 0 spiro atoms. The van der Waals surface area contributed by atoms with Crippen LogP contribution >= 0.6 is 0 Å². The van der Waals surface area contributed by atoms with E-state index < -0.39 is 39.9 Å². The molecule has 40 heavy (non-hydrogen) atoms. The number of rotatable bonds is 10. The number of sulfonamides is 1. The van der Waals surface area contributed by atoms with E-state index in [1.165, 1.54) is 48.4 Å². The monoisotopic (exact) mass is 569 g/mol. The SMILES string of the molecule is COc1ccc(S(=O)(=O)N(CC(=O)N(Cc2ccccc2C)C(C)C(=O)NC(C)(C)C)c2ccc(F)cc2)cc1. The minimum atomic E-state index is -4.27. The summed E-state index contributed by atoms with van der Waals surface area (Å²) < 4.78 is 47.5. The van der Waals surface area contributed by atoms with Crippen molar-refractivity contribution in [3.8, 4) is 5.75 Å². The third-order valence-electron chi connectivity index (χ3n) is 6.31. The number of methoxy groups -OCH3 is 1. The molecule has 10 heteroatoms. The Hall–Kier alpha value is -3.92. The maximum Gasteiger partial charge on any atom is 0.264 e. The van der Waals surface area contributed by atoms with Gasteiger partial charge in [-0.1, -0.05) is 24.3 Å². The van der Waals surface area contributed by atoms with E-state index in [2.05, 4.69) is 5.32 Å². The van der Waals surface area contributed by atoms with Gasteiger partial charge in [0.25, 0.3) is 10.0 Å². The third-order valence-corrected chi connectivity index (χ3v) is 8.10. The predicted molar refractivity (Wildman–Crippen MR) is 153 cm³/mol. The number of carbonyl (C=O) groups excluding carboxylic acids is 2. The molecule has 0 bridgehead atoms. The van der Waals surface area contributed by atoms with Crippen molar-refractivity contribution in [1.29, 1.82) is 0 Å². The molecule has 8 nitrogen and oxygen atoms in total. The van der Waals surface area contributed by atoms with Gasteiger partial charge in [0, 0.05) is 12.1 Å². The number of halogens is 1. The van der Waals surface area contributed by atoms with Crippen LogP contribution in [0.25, 0.3) is 0 Å². The van der Waals surface area contributed by atoms with Gasteiger partial charge in [-0.3, -0.25) is 13.9 Å². The van der Waals surface area contributed by atoms with Crippen LogP contribution in [0.15, 0.2) is 77.7 Å². The molecule has 3 aromatic rings. The summed E-state index contributed by atoms with van der Waals surface area (Å²) in [7, 11) is -2.80. The minimum absolute atomic E-state index is 0.0746. The smallest absolute Gasteiger partial charge is 0.264 e. The van der Waals surface area contributed by atoms with Gasteiger partial charge >= 0.3 is 0 Å². The normalized spacial score (nSPS) is 12.4. The van der Waals surface area contributed by atoms with Crippen LogP contribution in [0.2, 0.25) is 0 Å². The van der Waals surface area contributed by atoms with Gasteiger partial charge in [-0.25, -0.2) is 12.8 Å². The number of hydrogen-bond donors (Lipinski definition) is 1. The van der Waals surface area contributed by atoms with Crippen LogP contribution in [0.5, 0.6) is 5.75 Å². The van der Waals surface area contributed by atoms with Gasteiger partial charge < -0.3 is 15.0 Å². The largest absolute Gasteiger partial charge is 0.497 e. The van der Waals surface area contributed by atoms with E-state index in [1.54, 1.807) is 6.92 Å². The lowest BCUT2D eigenvalue weighted by atomic mass is 10.1. The highest BCUT2D eigenvalue weighted by molar-refractivity contribution is 7.92. The van der Waals surface area contributed by atoms with Crippen LogP contribution in [0.4, 0.5) is 10.1 Å². The molecule has 0 aromatic heterocycles. The Morgan fingerprint density at radius 2 is 1.57 bits per heavy atom. The van der Waals surface area contributed by atoms with E-state index in [1.807, 2.05) is 52.0 Å². The van der Waals surface area contributed by atoms with Crippen LogP contribution in [0.1, 0.15) is 38.8 Å². The third kappa shape index (κ3) is 7.59. The zero-order valence-electron chi connectivity index (χ0n) is 23.6. The Bertz CT molecular complexity index is 1440. The number of amides is 2. The molecule has 0 saturated heterocycles. The molecule has 1 unspecified atom stereocenters. The van der Waals surface area contributed by atoms with Crippen LogP contribution in [-0.2, 0) is 26.2 Å². The molecule has 0 fully saturated rings. The Kier molecular flexibility index (Phi) is 9.57. The molecule has 0 aliphatic carbocycles. The number of anilines is 1. The lowest BCUT2D eigenvalue weighted by Gasteiger charge is -2.33. The molecule has 0 radical (unpaired) electrons. The van der Waals surface area contributed by atoms with Crippen LogP contribution < -0.4 is 14.4 Å². The number of aryl methyl sites for hydroxylation is 1. The van der Waals surface area contributed by atoms with Crippen molar-refractivity contribution in [2.45, 2.75) is 57.6 Å². The van der Waals surface area contributed by atoms with Crippen molar-refractivity contribution in [2.24, 2.45) is 0 Å². The lowest BCUT2D eigenvalue weighted by Crippen LogP contribution is -2.54. The molecule has 0 aliphatic rings. The van der Waals surface area contributed by atoms with Crippen molar-refractivity contribution >= 4 is 27.5 Å². The second-order valence-corrected chi connectivity index (χ2v) is 12.4. The Balaban J connectivity index is 2.04. The first-order valence-electron chi connectivity index (χ1n) is 12.8. The lowest BCUT2D eigenvalue weighted by molar-refractivity contribution is -0.140. The molecular weight excluding hydrogens is 533 g/mol. The molecule has 0 saturated carbocycles. The average Bonchev–Trinajstić information content (AvgIpc) is 2.90. The molecule has 3 aromatic carbocycles. The highest BCUT2D eigenvalue weighted by Crippen LogP contribution is 2.26. The van der Waals surface area contributed by atoms with Gasteiger partial charge in [0.15, 0.2) is 0 Å². The molecule has 0 heterocycles. The molecule has 214 valence electrons. The number of nitrogens with one attached hydrogen (secondary N) is 1. The van der Waals surface area contributed by atoms with Gasteiger partial charge in [-0.15, -0.1) is 0 Å². The fourth-order valence-corrected chi connectivity index (χ4v) is 5.45. The zero-order valence-corrected chi connectivity index (χ0v) is 24.5. The van der Waals surface area contributed by atoms with E-state index in [0.717, 1.165) is 27.6 Å². The van der Waals surface area contributed by atoms with Gasteiger partial charge in [-0.2, -0.15) is 0 Å².